The topological polar surface area (TPSA) is 81.7 Å². The van der Waals surface area contributed by atoms with E-state index >= 15 is 0 Å². The first-order valence-corrected chi connectivity index (χ1v) is 11.1. The Morgan fingerprint density at radius 2 is 1.94 bits per heavy atom. The zero-order chi connectivity index (χ0) is 22.4. The summed E-state index contributed by atoms with van der Waals surface area (Å²) < 4.78 is 0. The molecule has 6 nitrogen and oxygen atoms in total. The molecule has 2 atom stereocenters. The van der Waals surface area contributed by atoms with Gasteiger partial charge < -0.3 is 20.6 Å². The third kappa shape index (κ3) is 6.21. The van der Waals surface area contributed by atoms with E-state index in [4.69, 9.17) is 11.6 Å². The van der Waals surface area contributed by atoms with E-state index in [9.17, 15) is 14.7 Å². The Morgan fingerprint density at radius 3 is 2.61 bits per heavy atom. The maximum atomic E-state index is 12.9. The molecule has 0 bridgehead atoms. The van der Waals surface area contributed by atoms with Crippen molar-refractivity contribution in [3.8, 4) is 0 Å². The standard InChI is InChI=1S/C24H30ClN3O3/c1-16(2)15-26-23(30)20-11-10-18(13-21(20)25)27-24(31)28-12-6-9-19(28)14-22(29)17-7-4-3-5-8-17/h3-5,7-8,10-11,13,16,19,22,29H,6,9,12,14-15H2,1-2H3,(H,26,30)(H,27,31)/t19-,22+/m0/s1. The Labute approximate surface area is 188 Å². The Balaban J connectivity index is 1.61. The van der Waals surface area contributed by atoms with Gasteiger partial charge in [0.25, 0.3) is 5.91 Å². The van der Waals surface area contributed by atoms with Gasteiger partial charge in [-0.15, -0.1) is 0 Å². The van der Waals surface area contributed by atoms with Crippen molar-refractivity contribution in [1.82, 2.24) is 10.2 Å². The van der Waals surface area contributed by atoms with Crippen molar-refractivity contribution in [2.45, 2.75) is 45.3 Å². The molecule has 2 aromatic carbocycles. The highest BCUT2D eigenvalue weighted by Gasteiger charge is 2.31. The largest absolute Gasteiger partial charge is 0.388 e. The SMILES string of the molecule is CC(C)CNC(=O)c1ccc(NC(=O)N2CCC[C@H]2C[C@@H](O)c2ccccc2)cc1Cl. The minimum absolute atomic E-state index is 0.0354. The Kier molecular flexibility index (Phi) is 7.93. The normalized spacial score (nSPS) is 16.9. The Hall–Kier alpha value is -2.57. The maximum absolute atomic E-state index is 12.9. The van der Waals surface area contributed by atoms with E-state index in [1.807, 2.05) is 44.2 Å². The average Bonchev–Trinajstić information content (AvgIpc) is 3.21. The van der Waals surface area contributed by atoms with Gasteiger partial charge in [0.05, 0.1) is 16.7 Å². The highest BCUT2D eigenvalue weighted by Crippen LogP contribution is 2.28. The third-order valence-electron chi connectivity index (χ3n) is 5.45. The minimum Gasteiger partial charge on any atom is -0.388 e. The fourth-order valence-corrected chi connectivity index (χ4v) is 4.05. The summed E-state index contributed by atoms with van der Waals surface area (Å²) in [5.41, 5.74) is 1.77. The lowest BCUT2D eigenvalue weighted by atomic mass is 10.0. The number of halogens is 1. The lowest BCUT2D eigenvalue weighted by Crippen LogP contribution is -2.39. The molecule has 0 spiro atoms. The van der Waals surface area contributed by atoms with Gasteiger partial charge in [-0.1, -0.05) is 55.8 Å². The lowest BCUT2D eigenvalue weighted by molar-refractivity contribution is 0.0949. The summed E-state index contributed by atoms with van der Waals surface area (Å²) in [6.45, 7) is 5.25. The second-order valence-electron chi connectivity index (χ2n) is 8.38. The van der Waals surface area contributed by atoms with Gasteiger partial charge >= 0.3 is 6.03 Å². The minimum atomic E-state index is -0.613. The van der Waals surface area contributed by atoms with Crippen molar-refractivity contribution in [3.63, 3.8) is 0 Å². The summed E-state index contributed by atoms with van der Waals surface area (Å²) in [6, 6.07) is 14.1. The van der Waals surface area contributed by atoms with Gasteiger partial charge in [-0.05, 0) is 48.9 Å². The summed E-state index contributed by atoms with van der Waals surface area (Å²) in [7, 11) is 0. The van der Waals surface area contributed by atoms with Crippen molar-refractivity contribution in [1.29, 1.82) is 0 Å². The first-order valence-electron chi connectivity index (χ1n) is 10.7. The van der Waals surface area contributed by atoms with Crippen LogP contribution in [0.2, 0.25) is 5.02 Å². The molecule has 3 rings (SSSR count). The van der Waals surface area contributed by atoms with Gasteiger partial charge in [0.2, 0.25) is 0 Å². The van der Waals surface area contributed by atoms with Crippen LogP contribution < -0.4 is 10.6 Å². The van der Waals surface area contributed by atoms with Crippen LogP contribution in [0.5, 0.6) is 0 Å². The highest BCUT2D eigenvalue weighted by atomic mass is 35.5. The number of hydrogen-bond acceptors (Lipinski definition) is 3. The molecule has 31 heavy (non-hydrogen) atoms. The second-order valence-corrected chi connectivity index (χ2v) is 8.79. The first kappa shape index (κ1) is 23.1. The van der Waals surface area contributed by atoms with Gasteiger partial charge in [0, 0.05) is 24.8 Å². The maximum Gasteiger partial charge on any atom is 0.322 e. The van der Waals surface area contributed by atoms with Crippen LogP contribution in [-0.4, -0.2) is 41.1 Å². The van der Waals surface area contributed by atoms with E-state index in [0.29, 0.717) is 36.7 Å². The van der Waals surface area contributed by atoms with Crippen molar-refractivity contribution in [2.24, 2.45) is 5.92 Å². The summed E-state index contributed by atoms with van der Waals surface area (Å²) in [6.07, 6.45) is 1.63. The van der Waals surface area contributed by atoms with Crippen LogP contribution in [0, 0.1) is 5.92 Å². The van der Waals surface area contributed by atoms with Crippen LogP contribution in [-0.2, 0) is 0 Å². The number of nitrogens with zero attached hydrogens (tertiary/aromatic N) is 1. The average molecular weight is 444 g/mol. The molecule has 0 aliphatic carbocycles. The number of benzene rings is 2. The molecule has 0 saturated carbocycles. The molecule has 1 saturated heterocycles. The van der Waals surface area contributed by atoms with E-state index in [1.165, 1.54) is 0 Å². The molecule has 1 aliphatic rings. The molecule has 2 aromatic rings. The quantitative estimate of drug-likeness (QED) is 0.572. The lowest BCUT2D eigenvalue weighted by Gasteiger charge is -2.27. The molecule has 166 valence electrons. The van der Waals surface area contributed by atoms with E-state index in [2.05, 4.69) is 10.6 Å². The van der Waals surface area contributed by atoms with E-state index < -0.39 is 6.10 Å². The molecule has 1 fully saturated rings. The van der Waals surface area contributed by atoms with Gasteiger partial charge in [0.15, 0.2) is 0 Å². The van der Waals surface area contributed by atoms with Crippen molar-refractivity contribution in [3.05, 3.63) is 64.7 Å². The van der Waals surface area contributed by atoms with Crippen LogP contribution >= 0.6 is 11.6 Å². The molecule has 3 N–H and O–H groups in total. The van der Waals surface area contributed by atoms with Crippen LogP contribution in [0.3, 0.4) is 0 Å². The van der Waals surface area contributed by atoms with Crippen LogP contribution in [0.15, 0.2) is 48.5 Å². The van der Waals surface area contributed by atoms with Crippen LogP contribution in [0.1, 0.15) is 55.1 Å². The molecule has 1 heterocycles. The number of aliphatic hydroxyl groups excluding tert-OH is 1. The first-order chi connectivity index (χ1) is 14.8. The number of anilines is 1. The number of amides is 3. The Bertz CT molecular complexity index is 904. The fraction of sp³-hybridized carbons (Fsp3) is 0.417. The van der Waals surface area contributed by atoms with Gasteiger partial charge in [-0.2, -0.15) is 0 Å². The van der Waals surface area contributed by atoms with Crippen molar-refractivity contribution in [2.75, 3.05) is 18.4 Å². The molecule has 1 aliphatic heterocycles. The number of hydrogen-bond donors (Lipinski definition) is 3. The van der Waals surface area contributed by atoms with Crippen molar-refractivity contribution < 1.29 is 14.7 Å². The predicted molar refractivity (Wildman–Crippen MR) is 123 cm³/mol. The highest BCUT2D eigenvalue weighted by molar-refractivity contribution is 6.34. The predicted octanol–water partition coefficient (Wildman–Crippen LogP) is 4.85. The van der Waals surface area contributed by atoms with E-state index in [1.54, 1.807) is 23.1 Å². The summed E-state index contributed by atoms with van der Waals surface area (Å²) in [4.78, 5) is 26.9. The number of nitrogens with one attached hydrogen (secondary N) is 2. The van der Waals surface area contributed by atoms with Crippen LogP contribution in [0.4, 0.5) is 10.5 Å². The number of aliphatic hydroxyl groups is 1. The van der Waals surface area contributed by atoms with E-state index in [0.717, 1.165) is 18.4 Å². The molecule has 0 unspecified atom stereocenters. The molecular weight excluding hydrogens is 414 g/mol. The Morgan fingerprint density at radius 1 is 1.19 bits per heavy atom. The third-order valence-corrected chi connectivity index (χ3v) is 5.77. The zero-order valence-corrected chi connectivity index (χ0v) is 18.7. The van der Waals surface area contributed by atoms with Gasteiger partial charge in [0.1, 0.15) is 0 Å². The molecule has 0 radical (unpaired) electrons. The number of carbonyl (C=O) groups excluding carboxylic acids is 2. The summed E-state index contributed by atoms with van der Waals surface area (Å²) in [5.74, 6) is 0.112. The van der Waals surface area contributed by atoms with Gasteiger partial charge in [-0.3, -0.25) is 4.79 Å². The van der Waals surface area contributed by atoms with E-state index in [-0.39, 0.29) is 23.0 Å². The van der Waals surface area contributed by atoms with Crippen LogP contribution in [0.25, 0.3) is 0 Å². The fourth-order valence-electron chi connectivity index (χ4n) is 3.78. The number of rotatable bonds is 7. The number of likely N-dealkylation sites (tertiary alicyclic amines) is 1. The molecule has 3 amide bonds. The number of urea groups is 1. The molecular formula is C24H30ClN3O3. The zero-order valence-electron chi connectivity index (χ0n) is 18.0. The second kappa shape index (κ2) is 10.6. The van der Waals surface area contributed by atoms with Crippen molar-refractivity contribution >= 4 is 29.2 Å². The summed E-state index contributed by atoms with van der Waals surface area (Å²) in [5, 5.41) is 16.6. The monoisotopic (exact) mass is 443 g/mol. The smallest absolute Gasteiger partial charge is 0.322 e. The number of carbonyl (C=O) groups is 2. The summed E-state index contributed by atoms with van der Waals surface area (Å²) >= 11 is 6.29. The molecule has 7 heteroatoms. The van der Waals surface area contributed by atoms with Gasteiger partial charge in [-0.25, -0.2) is 4.79 Å². The molecule has 0 aromatic heterocycles.